The molecule has 1 amide bonds. The van der Waals surface area contributed by atoms with E-state index in [0.29, 0.717) is 0 Å². The van der Waals surface area contributed by atoms with Crippen LogP contribution in [0.1, 0.15) is 17.5 Å². The third kappa shape index (κ3) is 5.61. The predicted molar refractivity (Wildman–Crippen MR) is 122 cm³/mol. The Kier molecular flexibility index (Phi) is 6.79. The topological polar surface area (TPSA) is 50.6 Å². The van der Waals surface area contributed by atoms with Crippen molar-refractivity contribution in [2.24, 2.45) is 0 Å². The van der Waals surface area contributed by atoms with Gasteiger partial charge in [-0.15, -0.1) is 0 Å². The van der Waals surface area contributed by atoms with Crippen LogP contribution in [0.15, 0.2) is 73.1 Å². The number of nitrogens with zero attached hydrogens (tertiary/aromatic N) is 4. The highest BCUT2D eigenvalue weighted by molar-refractivity contribution is 5.91. The molecule has 0 bridgehead atoms. The standard InChI is InChI=1S/C25H28N4O2/c1-31-24-11-8-21(9-12-24)19-27-14-5-15-28(17-16-27)25(30)13-10-22-18-26-29(20-22)23-6-3-2-4-7-23/h2-4,6-13,18,20H,5,14-17,19H2,1H3/b13-10+. The Morgan fingerprint density at radius 3 is 2.61 bits per heavy atom. The van der Waals surface area contributed by atoms with Gasteiger partial charge in [-0.25, -0.2) is 4.68 Å². The molecule has 2 aromatic carbocycles. The molecule has 6 nitrogen and oxygen atoms in total. The van der Waals surface area contributed by atoms with E-state index >= 15 is 0 Å². The molecule has 4 rings (SSSR count). The van der Waals surface area contributed by atoms with Crippen molar-refractivity contribution in [3.05, 3.63) is 84.2 Å². The molecule has 31 heavy (non-hydrogen) atoms. The van der Waals surface area contributed by atoms with Crippen LogP contribution in [-0.2, 0) is 11.3 Å². The number of ether oxygens (including phenoxy) is 1. The second kappa shape index (κ2) is 10.1. The molecule has 0 saturated carbocycles. The average molecular weight is 417 g/mol. The molecule has 6 heteroatoms. The summed E-state index contributed by atoms with van der Waals surface area (Å²) in [6.07, 6.45) is 8.18. The van der Waals surface area contributed by atoms with Crippen molar-refractivity contribution in [3.63, 3.8) is 0 Å². The van der Waals surface area contributed by atoms with Gasteiger partial charge in [0.1, 0.15) is 5.75 Å². The molecule has 160 valence electrons. The molecule has 1 aliphatic rings. The normalized spacial score (nSPS) is 15.2. The molecule has 1 fully saturated rings. The number of benzene rings is 2. The van der Waals surface area contributed by atoms with Gasteiger partial charge in [0, 0.05) is 50.6 Å². The maximum atomic E-state index is 12.7. The van der Waals surface area contributed by atoms with Crippen LogP contribution < -0.4 is 4.74 Å². The van der Waals surface area contributed by atoms with Crippen molar-refractivity contribution >= 4 is 12.0 Å². The molecular weight excluding hydrogens is 388 g/mol. The lowest BCUT2D eigenvalue weighted by atomic mass is 10.2. The Morgan fingerprint density at radius 2 is 1.84 bits per heavy atom. The maximum Gasteiger partial charge on any atom is 0.246 e. The van der Waals surface area contributed by atoms with Crippen LogP contribution in [0.5, 0.6) is 5.75 Å². The molecular formula is C25H28N4O2. The SMILES string of the molecule is COc1ccc(CN2CCCN(C(=O)/C=C/c3cnn(-c4ccccc4)c3)CC2)cc1. The Bertz CT molecular complexity index is 1010. The fourth-order valence-electron chi connectivity index (χ4n) is 3.76. The largest absolute Gasteiger partial charge is 0.497 e. The second-order valence-corrected chi connectivity index (χ2v) is 7.69. The Balaban J connectivity index is 1.30. The summed E-state index contributed by atoms with van der Waals surface area (Å²) in [6, 6.07) is 18.1. The van der Waals surface area contributed by atoms with Gasteiger partial charge in [-0.3, -0.25) is 9.69 Å². The number of para-hydroxylation sites is 1. The molecule has 1 aliphatic heterocycles. The van der Waals surface area contributed by atoms with Gasteiger partial charge in [-0.05, 0) is 42.3 Å². The van der Waals surface area contributed by atoms with E-state index in [0.717, 1.165) is 56.1 Å². The highest BCUT2D eigenvalue weighted by atomic mass is 16.5. The molecule has 0 unspecified atom stereocenters. The van der Waals surface area contributed by atoms with E-state index in [4.69, 9.17) is 4.74 Å². The number of aromatic nitrogens is 2. The van der Waals surface area contributed by atoms with Crippen LogP contribution in [0.25, 0.3) is 11.8 Å². The number of hydrogen-bond acceptors (Lipinski definition) is 4. The smallest absolute Gasteiger partial charge is 0.246 e. The fourth-order valence-corrected chi connectivity index (χ4v) is 3.76. The molecule has 0 spiro atoms. The van der Waals surface area contributed by atoms with Crippen molar-refractivity contribution in [1.82, 2.24) is 19.6 Å². The average Bonchev–Trinajstić information content (AvgIpc) is 3.17. The van der Waals surface area contributed by atoms with E-state index in [-0.39, 0.29) is 5.91 Å². The summed E-state index contributed by atoms with van der Waals surface area (Å²) in [5.41, 5.74) is 3.17. The molecule has 3 aromatic rings. The van der Waals surface area contributed by atoms with Crippen molar-refractivity contribution < 1.29 is 9.53 Å². The van der Waals surface area contributed by atoms with Gasteiger partial charge in [0.25, 0.3) is 0 Å². The van der Waals surface area contributed by atoms with Crippen molar-refractivity contribution in [1.29, 1.82) is 0 Å². The minimum Gasteiger partial charge on any atom is -0.497 e. The quantitative estimate of drug-likeness (QED) is 0.576. The van der Waals surface area contributed by atoms with E-state index in [1.165, 1.54) is 5.56 Å². The highest BCUT2D eigenvalue weighted by Gasteiger charge is 2.17. The van der Waals surface area contributed by atoms with Crippen LogP contribution in [0.2, 0.25) is 0 Å². The number of methoxy groups -OCH3 is 1. The van der Waals surface area contributed by atoms with E-state index in [1.54, 1.807) is 19.4 Å². The van der Waals surface area contributed by atoms with Crippen LogP contribution in [0.3, 0.4) is 0 Å². The van der Waals surface area contributed by atoms with Gasteiger partial charge in [0.2, 0.25) is 5.91 Å². The molecule has 1 aromatic heterocycles. The van der Waals surface area contributed by atoms with Crippen LogP contribution in [0.4, 0.5) is 0 Å². The lowest BCUT2D eigenvalue weighted by molar-refractivity contribution is -0.125. The van der Waals surface area contributed by atoms with Crippen molar-refractivity contribution in [3.8, 4) is 11.4 Å². The van der Waals surface area contributed by atoms with Gasteiger partial charge in [-0.2, -0.15) is 5.10 Å². The summed E-state index contributed by atoms with van der Waals surface area (Å²) in [7, 11) is 1.68. The molecule has 1 saturated heterocycles. The zero-order valence-electron chi connectivity index (χ0n) is 17.9. The van der Waals surface area contributed by atoms with Gasteiger partial charge in [-0.1, -0.05) is 30.3 Å². The monoisotopic (exact) mass is 416 g/mol. The number of carbonyl (C=O) groups excluding carboxylic acids is 1. The first-order valence-corrected chi connectivity index (χ1v) is 10.6. The third-order valence-corrected chi connectivity index (χ3v) is 5.51. The zero-order valence-corrected chi connectivity index (χ0v) is 17.9. The summed E-state index contributed by atoms with van der Waals surface area (Å²) in [6.45, 7) is 4.27. The molecule has 0 N–H and O–H groups in total. The first-order valence-electron chi connectivity index (χ1n) is 10.6. The molecule has 2 heterocycles. The van der Waals surface area contributed by atoms with E-state index < -0.39 is 0 Å². The molecule has 0 radical (unpaired) electrons. The minimum atomic E-state index is 0.0544. The van der Waals surface area contributed by atoms with Crippen molar-refractivity contribution in [2.45, 2.75) is 13.0 Å². The zero-order chi connectivity index (χ0) is 21.5. The summed E-state index contributed by atoms with van der Waals surface area (Å²) >= 11 is 0. The number of amides is 1. The Morgan fingerprint density at radius 1 is 1.03 bits per heavy atom. The highest BCUT2D eigenvalue weighted by Crippen LogP contribution is 2.15. The number of rotatable bonds is 6. The summed E-state index contributed by atoms with van der Waals surface area (Å²) in [5, 5.41) is 4.38. The van der Waals surface area contributed by atoms with Crippen LogP contribution in [0, 0.1) is 0 Å². The second-order valence-electron chi connectivity index (χ2n) is 7.69. The van der Waals surface area contributed by atoms with E-state index in [9.17, 15) is 4.79 Å². The minimum absolute atomic E-state index is 0.0544. The van der Waals surface area contributed by atoms with Gasteiger partial charge in [0.05, 0.1) is 19.0 Å². The Hall–Kier alpha value is -3.38. The lowest BCUT2D eigenvalue weighted by Crippen LogP contribution is -2.34. The lowest BCUT2D eigenvalue weighted by Gasteiger charge is -2.21. The summed E-state index contributed by atoms with van der Waals surface area (Å²) in [5.74, 6) is 0.927. The van der Waals surface area contributed by atoms with E-state index in [1.807, 2.05) is 64.3 Å². The fraction of sp³-hybridized carbons (Fsp3) is 0.280. The van der Waals surface area contributed by atoms with Crippen LogP contribution >= 0.6 is 0 Å². The molecule has 0 aliphatic carbocycles. The summed E-state index contributed by atoms with van der Waals surface area (Å²) in [4.78, 5) is 17.1. The predicted octanol–water partition coefficient (Wildman–Crippen LogP) is 3.63. The number of carbonyl (C=O) groups is 1. The maximum absolute atomic E-state index is 12.7. The Labute approximate surface area is 183 Å². The van der Waals surface area contributed by atoms with E-state index in [2.05, 4.69) is 22.1 Å². The molecule has 0 atom stereocenters. The number of hydrogen-bond donors (Lipinski definition) is 0. The third-order valence-electron chi connectivity index (χ3n) is 5.51. The van der Waals surface area contributed by atoms with Crippen molar-refractivity contribution in [2.75, 3.05) is 33.3 Å². The van der Waals surface area contributed by atoms with Gasteiger partial charge in [0.15, 0.2) is 0 Å². The van der Waals surface area contributed by atoms with Gasteiger partial charge < -0.3 is 9.64 Å². The van der Waals surface area contributed by atoms with Gasteiger partial charge >= 0.3 is 0 Å². The first kappa shape index (κ1) is 20.9. The van der Waals surface area contributed by atoms with Crippen LogP contribution in [-0.4, -0.2) is 58.8 Å². The first-order chi connectivity index (χ1) is 15.2. The summed E-state index contributed by atoms with van der Waals surface area (Å²) < 4.78 is 7.04.